The molecule has 4 aliphatic rings. The molecule has 0 fully saturated rings. The van der Waals surface area contributed by atoms with Gasteiger partial charge in [-0.25, -0.2) is 4.98 Å². The first-order valence-electron chi connectivity index (χ1n) is 15.3. The number of carbonyl (C=O) groups is 2. The highest BCUT2D eigenvalue weighted by atomic mass is 32.1. The Morgan fingerprint density at radius 3 is 2.15 bits per heavy atom. The molecule has 4 aromatic rings. The largest absolute Gasteiger partial charge is 0.322 e. The van der Waals surface area contributed by atoms with E-state index in [2.05, 4.69) is 79.2 Å². The van der Waals surface area contributed by atoms with Gasteiger partial charge in [-0.2, -0.15) is 0 Å². The number of carbonyl (C=O) groups excluding carboxylic acids is 2. The van der Waals surface area contributed by atoms with Gasteiger partial charge in [-0.15, -0.1) is 21.6 Å². The van der Waals surface area contributed by atoms with Gasteiger partial charge in [0, 0.05) is 55.1 Å². The highest BCUT2D eigenvalue weighted by molar-refractivity contribution is 7.16. The molecule has 8 rings (SSSR count). The third-order valence-corrected chi connectivity index (χ3v) is 9.43. The molecule has 1 aliphatic carbocycles. The van der Waals surface area contributed by atoms with Crippen LogP contribution in [-0.4, -0.2) is 59.5 Å². The Hall–Kier alpha value is -4.84. The Morgan fingerprint density at radius 1 is 0.783 bits per heavy atom. The lowest BCUT2D eigenvalue weighted by atomic mass is 9.98. The summed E-state index contributed by atoms with van der Waals surface area (Å²) >= 11 is 1.55. The van der Waals surface area contributed by atoms with Crippen molar-refractivity contribution in [3.63, 3.8) is 0 Å². The first kappa shape index (κ1) is 29.8. The molecule has 4 heterocycles. The molecule has 0 saturated heterocycles. The lowest BCUT2D eigenvalue weighted by molar-refractivity contribution is -0.112. The summed E-state index contributed by atoms with van der Waals surface area (Å²) in [5.74, 6) is -0.177. The van der Waals surface area contributed by atoms with Gasteiger partial charge in [-0.3, -0.25) is 9.59 Å². The van der Waals surface area contributed by atoms with E-state index in [1.54, 1.807) is 29.0 Å². The second-order valence-electron chi connectivity index (χ2n) is 12.0. The second kappa shape index (κ2) is 12.9. The Bertz CT molecular complexity index is 1970. The zero-order chi connectivity index (χ0) is 31.6. The minimum absolute atomic E-state index is 0.0792. The summed E-state index contributed by atoms with van der Waals surface area (Å²) in [5.41, 5.74) is 12.6. The van der Waals surface area contributed by atoms with Crippen LogP contribution in [0.25, 0.3) is 10.2 Å². The van der Waals surface area contributed by atoms with Gasteiger partial charge in [0.05, 0.1) is 21.4 Å². The molecule has 0 unspecified atom stereocenters. The van der Waals surface area contributed by atoms with Crippen molar-refractivity contribution >= 4 is 50.5 Å². The van der Waals surface area contributed by atoms with Gasteiger partial charge in [0.15, 0.2) is 0 Å². The molecule has 0 bridgehead atoms. The number of hydrogen-bond donors (Lipinski definition) is 2. The third kappa shape index (κ3) is 6.57. The molecule has 3 aliphatic heterocycles. The summed E-state index contributed by atoms with van der Waals surface area (Å²) < 4.78 is 1.03. The number of nitrogens with one attached hydrogen (secondary N) is 2. The molecule has 46 heavy (non-hydrogen) atoms. The van der Waals surface area contributed by atoms with Crippen LogP contribution in [0.1, 0.15) is 39.0 Å². The number of benzene rings is 3. The fourth-order valence-electron chi connectivity index (χ4n) is 6.03. The number of amides is 2. The van der Waals surface area contributed by atoms with Crippen molar-refractivity contribution in [1.29, 1.82) is 0 Å². The monoisotopic (exact) mass is 630 g/mol. The molecule has 2 N–H and O–H groups in total. The maximum atomic E-state index is 12.5. The highest BCUT2D eigenvalue weighted by Gasteiger charge is 2.22. The quantitative estimate of drug-likeness (QED) is 0.279. The van der Waals surface area contributed by atoms with Gasteiger partial charge in [-0.1, -0.05) is 18.2 Å². The number of hydrogen-bond acceptors (Lipinski definition) is 9. The molecule has 0 radical (unpaired) electrons. The predicted molar refractivity (Wildman–Crippen MR) is 182 cm³/mol. The molecule has 1 aromatic heterocycles. The van der Waals surface area contributed by atoms with Crippen molar-refractivity contribution in [2.24, 2.45) is 15.4 Å². The standard InChI is InChI=1S/C18H17N3OS.C17H17N5O/c1-21-7-6-12-2-4-15(8-14(12)10-21)20-18(22)13-3-5-16-17(9-13)23-11-19-16;1-22-7-6-11-2-4-14(8-13(11)10-22)18-17(23)12-3-5-15-16(9-12)20-21-19-15/h2-5,8-9,11H,6-7,10H2,1H3,(H,20,22);2-5,8H,6-7,9-10H2,1H3,(H,18,23). The van der Waals surface area contributed by atoms with E-state index in [1.165, 1.54) is 22.3 Å². The normalized spacial score (nSPS) is 17.0. The van der Waals surface area contributed by atoms with E-state index in [4.69, 9.17) is 0 Å². The molecule has 0 spiro atoms. The molecular weight excluding hydrogens is 597 g/mol. The highest BCUT2D eigenvalue weighted by Crippen LogP contribution is 2.26. The molecule has 2 amide bonds. The summed E-state index contributed by atoms with van der Waals surface area (Å²) in [6.07, 6.45) is 6.18. The van der Waals surface area contributed by atoms with Crippen LogP contribution in [0.5, 0.6) is 0 Å². The van der Waals surface area contributed by atoms with Gasteiger partial charge in [0.25, 0.3) is 11.8 Å². The second-order valence-corrected chi connectivity index (χ2v) is 12.9. The maximum absolute atomic E-state index is 12.5. The molecular formula is C35H34N8O2S. The van der Waals surface area contributed by atoms with E-state index in [-0.39, 0.29) is 11.8 Å². The van der Waals surface area contributed by atoms with E-state index in [0.717, 1.165) is 72.0 Å². The Labute approximate surface area is 271 Å². The Morgan fingerprint density at radius 2 is 1.46 bits per heavy atom. The maximum Gasteiger partial charge on any atom is 0.255 e. The first-order chi connectivity index (χ1) is 22.4. The smallest absolute Gasteiger partial charge is 0.255 e. The van der Waals surface area contributed by atoms with Crippen LogP contribution in [0.15, 0.2) is 99.0 Å². The minimum atomic E-state index is -0.0981. The van der Waals surface area contributed by atoms with Crippen LogP contribution in [0, 0.1) is 0 Å². The van der Waals surface area contributed by atoms with Crippen molar-refractivity contribution in [1.82, 2.24) is 14.8 Å². The van der Waals surface area contributed by atoms with Crippen LogP contribution < -0.4 is 10.6 Å². The topological polar surface area (TPSA) is 115 Å². The summed E-state index contributed by atoms with van der Waals surface area (Å²) in [6.45, 7) is 4.03. The molecule has 11 heteroatoms. The number of aromatic nitrogens is 1. The molecule has 3 aromatic carbocycles. The van der Waals surface area contributed by atoms with Crippen molar-refractivity contribution in [2.75, 3.05) is 37.8 Å². The Balaban J connectivity index is 0.000000147. The van der Waals surface area contributed by atoms with E-state index < -0.39 is 0 Å². The minimum Gasteiger partial charge on any atom is -0.322 e. The van der Waals surface area contributed by atoms with Gasteiger partial charge in [0.2, 0.25) is 0 Å². The van der Waals surface area contributed by atoms with E-state index in [1.807, 2.05) is 30.3 Å². The van der Waals surface area contributed by atoms with Crippen LogP contribution in [0.4, 0.5) is 11.4 Å². The van der Waals surface area contributed by atoms with Gasteiger partial charge < -0.3 is 20.4 Å². The lowest BCUT2D eigenvalue weighted by Gasteiger charge is -2.25. The van der Waals surface area contributed by atoms with Crippen molar-refractivity contribution in [3.05, 3.63) is 111 Å². The van der Waals surface area contributed by atoms with Crippen LogP contribution >= 0.6 is 11.3 Å². The van der Waals surface area contributed by atoms with Gasteiger partial charge >= 0.3 is 0 Å². The summed E-state index contributed by atoms with van der Waals surface area (Å²) in [6, 6.07) is 18.0. The number of allylic oxidation sites excluding steroid dienone is 3. The summed E-state index contributed by atoms with van der Waals surface area (Å²) in [5, 5.41) is 17.5. The third-order valence-electron chi connectivity index (χ3n) is 8.63. The van der Waals surface area contributed by atoms with Crippen molar-refractivity contribution in [3.8, 4) is 0 Å². The molecule has 0 atom stereocenters. The van der Waals surface area contributed by atoms with E-state index in [0.29, 0.717) is 17.6 Å². The van der Waals surface area contributed by atoms with Gasteiger partial charge in [-0.05, 0) is 103 Å². The number of likely N-dealkylation sites (N-methyl/N-ethyl adjacent to an activating group) is 2. The van der Waals surface area contributed by atoms with Crippen molar-refractivity contribution < 1.29 is 9.59 Å². The fraction of sp³-hybridized carbons (Fsp3) is 0.257. The summed E-state index contributed by atoms with van der Waals surface area (Å²) in [4.78, 5) is 33.8. The number of anilines is 2. The average molecular weight is 631 g/mol. The zero-order valence-corrected chi connectivity index (χ0v) is 26.6. The summed E-state index contributed by atoms with van der Waals surface area (Å²) in [7, 11) is 4.24. The zero-order valence-electron chi connectivity index (χ0n) is 25.8. The number of rotatable bonds is 4. The van der Waals surface area contributed by atoms with Crippen LogP contribution in [0.3, 0.4) is 0 Å². The molecule has 10 nitrogen and oxygen atoms in total. The number of fused-ring (bicyclic) bond motifs is 4. The van der Waals surface area contributed by atoms with Gasteiger partial charge in [0.1, 0.15) is 5.70 Å². The van der Waals surface area contributed by atoms with Crippen molar-refractivity contribution in [2.45, 2.75) is 32.4 Å². The predicted octanol–water partition coefficient (Wildman–Crippen LogP) is 6.19. The fourth-order valence-corrected chi connectivity index (χ4v) is 6.74. The van der Waals surface area contributed by atoms with E-state index in [9.17, 15) is 9.59 Å². The van der Waals surface area contributed by atoms with Crippen LogP contribution in [-0.2, 0) is 30.7 Å². The number of thiazole rings is 1. The van der Waals surface area contributed by atoms with Crippen LogP contribution in [0.2, 0.25) is 0 Å². The average Bonchev–Trinajstić information content (AvgIpc) is 3.73. The Kier molecular flexibility index (Phi) is 8.35. The SMILES string of the molecule is CN1CCc2ccc(NC(=O)C3=CC=C4N=NN=C4C3)cc2C1.CN1CCc2ccc(NC(=O)c3ccc4ncsc4c3)cc2C1. The molecule has 232 valence electrons. The number of nitrogens with zero attached hydrogens (tertiary/aromatic N) is 6. The lowest BCUT2D eigenvalue weighted by Crippen LogP contribution is -2.26. The molecule has 0 saturated carbocycles. The first-order valence-corrected chi connectivity index (χ1v) is 16.2. The van der Waals surface area contributed by atoms with E-state index >= 15 is 0 Å².